The highest BCUT2D eigenvalue weighted by Gasteiger charge is 2.21. The van der Waals surface area contributed by atoms with Crippen LogP contribution in [0.2, 0.25) is 0 Å². The Morgan fingerprint density at radius 1 is 1.37 bits per heavy atom. The Morgan fingerprint density at radius 3 is 2.53 bits per heavy atom. The van der Waals surface area contributed by atoms with E-state index in [0.717, 1.165) is 12.8 Å². The SMILES string of the molecule is CCCC(OC)c1nc(C)c(C(=O)OCC)c(N)n1. The van der Waals surface area contributed by atoms with E-state index in [1.165, 1.54) is 0 Å². The minimum absolute atomic E-state index is 0.138. The Balaban J connectivity index is 3.12. The molecule has 19 heavy (non-hydrogen) atoms. The summed E-state index contributed by atoms with van der Waals surface area (Å²) in [6.07, 6.45) is 1.54. The van der Waals surface area contributed by atoms with Crippen LogP contribution in [0.25, 0.3) is 0 Å². The number of rotatable bonds is 6. The van der Waals surface area contributed by atoms with Gasteiger partial charge in [0.2, 0.25) is 0 Å². The van der Waals surface area contributed by atoms with E-state index in [9.17, 15) is 4.79 Å². The summed E-state index contributed by atoms with van der Waals surface area (Å²) in [6.45, 7) is 5.79. The normalized spacial score (nSPS) is 12.2. The molecule has 0 aliphatic carbocycles. The molecular formula is C13H21N3O3. The van der Waals surface area contributed by atoms with E-state index in [0.29, 0.717) is 11.5 Å². The molecule has 6 nitrogen and oxygen atoms in total. The Morgan fingerprint density at radius 2 is 2.05 bits per heavy atom. The summed E-state index contributed by atoms with van der Waals surface area (Å²) < 4.78 is 10.3. The molecule has 1 aromatic rings. The monoisotopic (exact) mass is 267 g/mol. The minimum atomic E-state index is -0.492. The number of aromatic nitrogens is 2. The van der Waals surface area contributed by atoms with Crippen molar-refractivity contribution in [2.24, 2.45) is 0 Å². The number of carbonyl (C=O) groups excluding carboxylic acids is 1. The molecule has 0 saturated heterocycles. The topological polar surface area (TPSA) is 87.3 Å². The van der Waals surface area contributed by atoms with E-state index in [4.69, 9.17) is 15.2 Å². The van der Waals surface area contributed by atoms with Crippen LogP contribution in [-0.2, 0) is 9.47 Å². The fourth-order valence-corrected chi connectivity index (χ4v) is 1.83. The number of ether oxygens (including phenoxy) is 2. The average molecular weight is 267 g/mol. The van der Waals surface area contributed by atoms with Crippen molar-refractivity contribution in [1.82, 2.24) is 9.97 Å². The van der Waals surface area contributed by atoms with Gasteiger partial charge in [0.1, 0.15) is 17.5 Å². The molecule has 1 heterocycles. The quantitative estimate of drug-likeness (QED) is 0.793. The predicted octanol–water partition coefficient (Wildman–Crippen LogP) is 2.03. The third-order valence-corrected chi connectivity index (χ3v) is 2.74. The van der Waals surface area contributed by atoms with Gasteiger partial charge < -0.3 is 15.2 Å². The molecule has 0 amide bonds. The molecule has 1 rings (SSSR count). The lowest BCUT2D eigenvalue weighted by Crippen LogP contribution is -2.16. The van der Waals surface area contributed by atoms with Crippen LogP contribution in [0.3, 0.4) is 0 Å². The Hall–Kier alpha value is -1.69. The standard InChI is InChI=1S/C13H21N3O3/c1-5-7-9(18-4)12-15-8(3)10(11(14)16-12)13(17)19-6-2/h9H,5-7H2,1-4H3,(H2,14,15,16). The smallest absolute Gasteiger partial charge is 0.343 e. The van der Waals surface area contributed by atoms with Gasteiger partial charge in [-0.15, -0.1) is 0 Å². The molecule has 0 fully saturated rings. The highest BCUT2D eigenvalue weighted by atomic mass is 16.5. The van der Waals surface area contributed by atoms with E-state index < -0.39 is 5.97 Å². The molecule has 0 radical (unpaired) electrons. The molecule has 0 spiro atoms. The van der Waals surface area contributed by atoms with Crippen LogP contribution in [0.5, 0.6) is 0 Å². The van der Waals surface area contributed by atoms with Crippen LogP contribution < -0.4 is 5.73 Å². The number of esters is 1. The molecule has 0 bridgehead atoms. The number of aryl methyl sites for hydroxylation is 1. The van der Waals surface area contributed by atoms with Gasteiger partial charge in [-0.05, 0) is 20.3 Å². The van der Waals surface area contributed by atoms with Crippen molar-refractivity contribution < 1.29 is 14.3 Å². The zero-order valence-electron chi connectivity index (χ0n) is 11.9. The molecule has 0 aliphatic heterocycles. The number of nitrogens with two attached hydrogens (primary N) is 1. The second-order valence-corrected chi connectivity index (χ2v) is 4.16. The average Bonchev–Trinajstić information content (AvgIpc) is 2.35. The van der Waals surface area contributed by atoms with Crippen LogP contribution in [0.1, 0.15) is 54.7 Å². The van der Waals surface area contributed by atoms with Crippen LogP contribution in [0.15, 0.2) is 0 Å². The fourth-order valence-electron chi connectivity index (χ4n) is 1.83. The maximum atomic E-state index is 11.7. The first-order valence-corrected chi connectivity index (χ1v) is 6.39. The summed E-state index contributed by atoms with van der Waals surface area (Å²) in [7, 11) is 1.61. The third-order valence-electron chi connectivity index (χ3n) is 2.74. The lowest BCUT2D eigenvalue weighted by atomic mass is 10.1. The number of anilines is 1. The number of hydrogen-bond donors (Lipinski definition) is 1. The summed E-state index contributed by atoms with van der Waals surface area (Å²) in [5, 5.41) is 0. The van der Waals surface area contributed by atoms with Crippen molar-refractivity contribution in [2.75, 3.05) is 19.5 Å². The molecular weight excluding hydrogens is 246 g/mol. The molecule has 0 aromatic carbocycles. The van der Waals surface area contributed by atoms with Crippen molar-refractivity contribution in [2.45, 2.75) is 39.7 Å². The van der Waals surface area contributed by atoms with Gasteiger partial charge in [0, 0.05) is 7.11 Å². The first kappa shape index (κ1) is 15.4. The summed E-state index contributed by atoms with van der Waals surface area (Å²) >= 11 is 0. The van der Waals surface area contributed by atoms with Crippen LogP contribution in [0, 0.1) is 6.92 Å². The summed E-state index contributed by atoms with van der Waals surface area (Å²) in [4.78, 5) is 20.2. The van der Waals surface area contributed by atoms with Gasteiger partial charge in [0.25, 0.3) is 0 Å². The first-order chi connectivity index (χ1) is 9.04. The van der Waals surface area contributed by atoms with Crippen molar-refractivity contribution in [1.29, 1.82) is 0 Å². The van der Waals surface area contributed by atoms with E-state index >= 15 is 0 Å². The second kappa shape index (κ2) is 7.04. The molecule has 6 heteroatoms. The van der Waals surface area contributed by atoms with E-state index in [1.807, 2.05) is 0 Å². The Labute approximate surface area is 113 Å². The van der Waals surface area contributed by atoms with E-state index in [2.05, 4.69) is 16.9 Å². The van der Waals surface area contributed by atoms with Gasteiger partial charge in [-0.25, -0.2) is 14.8 Å². The van der Waals surface area contributed by atoms with Crippen molar-refractivity contribution in [3.63, 3.8) is 0 Å². The second-order valence-electron chi connectivity index (χ2n) is 4.16. The van der Waals surface area contributed by atoms with E-state index in [-0.39, 0.29) is 24.1 Å². The predicted molar refractivity (Wildman–Crippen MR) is 71.8 cm³/mol. The van der Waals surface area contributed by atoms with Crippen molar-refractivity contribution >= 4 is 11.8 Å². The van der Waals surface area contributed by atoms with Crippen molar-refractivity contribution in [3.05, 3.63) is 17.1 Å². The largest absolute Gasteiger partial charge is 0.462 e. The number of nitrogen functional groups attached to an aromatic ring is 1. The summed E-state index contributed by atoms with van der Waals surface area (Å²) in [5.41, 5.74) is 6.58. The van der Waals surface area contributed by atoms with Gasteiger partial charge in [0.15, 0.2) is 5.82 Å². The molecule has 1 unspecified atom stereocenters. The van der Waals surface area contributed by atoms with Crippen LogP contribution in [-0.4, -0.2) is 29.7 Å². The number of carbonyl (C=O) groups is 1. The minimum Gasteiger partial charge on any atom is -0.462 e. The van der Waals surface area contributed by atoms with E-state index in [1.54, 1.807) is 21.0 Å². The number of methoxy groups -OCH3 is 1. The lowest BCUT2D eigenvalue weighted by Gasteiger charge is -2.15. The van der Waals surface area contributed by atoms with Gasteiger partial charge in [-0.1, -0.05) is 13.3 Å². The molecule has 106 valence electrons. The zero-order valence-corrected chi connectivity index (χ0v) is 11.9. The highest BCUT2D eigenvalue weighted by Crippen LogP contribution is 2.22. The molecule has 1 atom stereocenters. The fraction of sp³-hybridized carbons (Fsp3) is 0.615. The van der Waals surface area contributed by atoms with Crippen LogP contribution >= 0.6 is 0 Å². The first-order valence-electron chi connectivity index (χ1n) is 6.39. The van der Waals surface area contributed by atoms with Gasteiger partial charge in [-0.2, -0.15) is 0 Å². The Bertz CT molecular complexity index is 426. The number of hydrogen-bond acceptors (Lipinski definition) is 6. The lowest BCUT2D eigenvalue weighted by molar-refractivity contribution is 0.0524. The van der Waals surface area contributed by atoms with Crippen LogP contribution in [0.4, 0.5) is 5.82 Å². The molecule has 2 N–H and O–H groups in total. The number of nitrogens with zero attached hydrogens (tertiary/aromatic N) is 2. The summed E-state index contributed by atoms with van der Waals surface area (Å²) in [6, 6.07) is 0. The summed E-state index contributed by atoms with van der Waals surface area (Å²) in [5.74, 6) is 0.153. The molecule has 0 aliphatic rings. The van der Waals surface area contributed by atoms with Gasteiger partial charge in [0.05, 0.1) is 12.3 Å². The maximum absolute atomic E-state index is 11.7. The highest BCUT2D eigenvalue weighted by molar-refractivity contribution is 5.95. The van der Waals surface area contributed by atoms with Gasteiger partial charge >= 0.3 is 5.97 Å². The Kier molecular flexibility index (Phi) is 5.69. The van der Waals surface area contributed by atoms with Gasteiger partial charge in [-0.3, -0.25) is 0 Å². The van der Waals surface area contributed by atoms with Crippen molar-refractivity contribution in [3.8, 4) is 0 Å². The zero-order chi connectivity index (χ0) is 14.4. The third kappa shape index (κ3) is 3.64. The molecule has 0 saturated carbocycles. The molecule has 1 aromatic heterocycles. The maximum Gasteiger partial charge on any atom is 0.343 e.